The van der Waals surface area contributed by atoms with Crippen LogP contribution in [0.2, 0.25) is 0 Å². The number of halogens is 3. The van der Waals surface area contributed by atoms with Gasteiger partial charge in [0.1, 0.15) is 17.4 Å². The van der Waals surface area contributed by atoms with Crippen LogP contribution in [0.5, 0.6) is 5.75 Å². The Bertz CT molecular complexity index is 1420. The lowest BCUT2D eigenvalue weighted by atomic mass is 10.0. The van der Waals surface area contributed by atoms with Crippen molar-refractivity contribution in [3.8, 4) is 5.75 Å². The third-order valence-corrected chi connectivity index (χ3v) is 6.29. The van der Waals surface area contributed by atoms with Gasteiger partial charge in [0.05, 0.1) is 27.2 Å². The lowest BCUT2D eigenvalue weighted by molar-refractivity contribution is -0.137. The van der Waals surface area contributed by atoms with Gasteiger partial charge in [0.15, 0.2) is 0 Å². The quantitative estimate of drug-likeness (QED) is 0.227. The number of hydrogen-bond acceptors (Lipinski definition) is 4. The van der Waals surface area contributed by atoms with Gasteiger partial charge in [0, 0.05) is 11.1 Å². The number of hydrogen-bond donors (Lipinski definition) is 0. The maximum atomic E-state index is 12.7. The topological polar surface area (TPSA) is 34.5 Å². The van der Waals surface area contributed by atoms with Crippen molar-refractivity contribution in [3.63, 3.8) is 0 Å². The van der Waals surface area contributed by atoms with Gasteiger partial charge in [-0.1, -0.05) is 60.7 Å². The summed E-state index contributed by atoms with van der Waals surface area (Å²) in [5.41, 5.74) is 3.84. The van der Waals surface area contributed by atoms with E-state index in [0.717, 1.165) is 49.9 Å². The van der Waals surface area contributed by atoms with Crippen LogP contribution in [0.25, 0.3) is 10.2 Å². The molecule has 0 radical (unpaired) electrons. The summed E-state index contributed by atoms with van der Waals surface area (Å²) in [6.45, 7) is 0.169. The summed E-state index contributed by atoms with van der Waals surface area (Å²) in [7, 11) is 0. The van der Waals surface area contributed by atoms with Gasteiger partial charge in [-0.25, -0.2) is 9.98 Å². The standard InChI is InChI=1S/C28H19F3N2OS/c29-28(30,31)21-11-14-23(15-12-21)34-18-26-33-24-16-13-22(17-25(24)35-26)32-27(19-7-3-1-4-8-19)20-9-5-2-6-10-20/h1-17H,18H2. The van der Waals surface area contributed by atoms with Crippen LogP contribution in [0.4, 0.5) is 18.9 Å². The third-order valence-electron chi connectivity index (χ3n) is 5.30. The second kappa shape index (κ2) is 9.72. The Morgan fingerprint density at radius 3 is 2.03 bits per heavy atom. The molecule has 1 heterocycles. The van der Waals surface area contributed by atoms with Gasteiger partial charge in [0.2, 0.25) is 0 Å². The minimum absolute atomic E-state index is 0.169. The Kier molecular flexibility index (Phi) is 6.33. The number of alkyl halides is 3. The zero-order valence-corrected chi connectivity index (χ0v) is 19.2. The molecule has 0 bridgehead atoms. The predicted molar refractivity (Wildman–Crippen MR) is 134 cm³/mol. The summed E-state index contributed by atoms with van der Waals surface area (Å²) < 4.78 is 44.8. The number of rotatable bonds is 6. The lowest BCUT2D eigenvalue weighted by Crippen LogP contribution is -2.04. The van der Waals surface area contributed by atoms with Gasteiger partial charge in [-0.05, 0) is 42.5 Å². The molecule has 35 heavy (non-hydrogen) atoms. The van der Waals surface area contributed by atoms with Gasteiger partial charge < -0.3 is 4.74 Å². The Hall–Kier alpha value is -3.97. The first kappa shape index (κ1) is 22.8. The first-order chi connectivity index (χ1) is 17.0. The summed E-state index contributed by atoms with van der Waals surface area (Å²) >= 11 is 1.47. The molecule has 0 saturated heterocycles. The van der Waals surface area contributed by atoms with Crippen molar-refractivity contribution in [1.29, 1.82) is 0 Å². The second-order valence-electron chi connectivity index (χ2n) is 7.76. The average Bonchev–Trinajstić information content (AvgIpc) is 3.29. The van der Waals surface area contributed by atoms with E-state index in [1.165, 1.54) is 23.5 Å². The maximum absolute atomic E-state index is 12.7. The van der Waals surface area contributed by atoms with E-state index in [1.54, 1.807) is 0 Å². The van der Waals surface area contributed by atoms with Crippen molar-refractivity contribution < 1.29 is 17.9 Å². The summed E-state index contributed by atoms with van der Waals surface area (Å²) in [4.78, 5) is 9.54. The molecule has 0 fully saturated rings. The fraction of sp³-hybridized carbons (Fsp3) is 0.0714. The minimum atomic E-state index is -4.37. The van der Waals surface area contributed by atoms with E-state index in [2.05, 4.69) is 4.98 Å². The van der Waals surface area contributed by atoms with Crippen molar-refractivity contribution in [2.75, 3.05) is 0 Å². The highest BCUT2D eigenvalue weighted by molar-refractivity contribution is 7.18. The number of fused-ring (bicyclic) bond motifs is 1. The number of aromatic nitrogens is 1. The van der Waals surface area contributed by atoms with Crippen LogP contribution in [0.15, 0.2) is 108 Å². The van der Waals surface area contributed by atoms with Crippen molar-refractivity contribution in [2.45, 2.75) is 12.8 Å². The molecule has 0 saturated carbocycles. The van der Waals surface area contributed by atoms with E-state index in [1.807, 2.05) is 78.9 Å². The van der Waals surface area contributed by atoms with Crippen LogP contribution >= 0.6 is 11.3 Å². The van der Waals surface area contributed by atoms with Gasteiger partial charge in [0.25, 0.3) is 0 Å². The molecule has 1 aromatic heterocycles. The molecular formula is C28H19F3N2OS. The van der Waals surface area contributed by atoms with Crippen molar-refractivity contribution >= 4 is 33.0 Å². The zero-order valence-electron chi connectivity index (χ0n) is 18.4. The largest absolute Gasteiger partial charge is 0.486 e. The number of nitrogens with zero attached hydrogens (tertiary/aromatic N) is 2. The van der Waals surface area contributed by atoms with Crippen LogP contribution in [0.3, 0.4) is 0 Å². The van der Waals surface area contributed by atoms with E-state index >= 15 is 0 Å². The summed E-state index contributed by atoms with van der Waals surface area (Å²) in [5.74, 6) is 0.359. The van der Waals surface area contributed by atoms with Crippen LogP contribution in [0, 0.1) is 0 Å². The molecule has 0 N–H and O–H groups in total. The molecule has 0 aliphatic heterocycles. The van der Waals surface area contributed by atoms with Gasteiger partial charge in [-0.3, -0.25) is 0 Å². The minimum Gasteiger partial charge on any atom is -0.486 e. The molecule has 5 rings (SSSR count). The monoisotopic (exact) mass is 488 g/mol. The van der Waals surface area contributed by atoms with Gasteiger partial charge >= 0.3 is 6.18 Å². The van der Waals surface area contributed by atoms with Crippen LogP contribution in [0.1, 0.15) is 21.7 Å². The van der Waals surface area contributed by atoms with E-state index < -0.39 is 11.7 Å². The molecule has 0 unspecified atom stereocenters. The lowest BCUT2D eigenvalue weighted by Gasteiger charge is -2.08. The molecule has 0 aliphatic rings. The van der Waals surface area contributed by atoms with Crippen LogP contribution < -0.4 is 4.74 Å². The van der Waals surface area contributed by atoms with Crippen molar-refractivity contribution in [3.05, 3.63) is 125 Å². The van der Waals surface area contributed by atoms with Gasteiger partial charge in [-0.2, -0.15) is 13.2 Å². The first-order valence-electron chi connectivity index (χ1n) is 10.8. The van der Waals surface area contributed by atoms with Gasteiger partial charge in [-0.15, -0.1) is 11.3 Å². The molecule has 3 nitrogen and oxygen atoms in total. The van der Waals surface area contributed by atoms with Crippen molar-refractivity contribution in [1.82, 2.24) is 4.98 Å². The van der Waals surface area contributed by atoms with E-state index in [9.17, 15) is 13.2 Å². The van der Waals surface area contributed by atoms with Crippen LogP contribution in [-0.4, -0.2) is 10.7 Å². The smallest absolute Gasteiger partial charge is 0.416 e. The number of ether oxygens (including phenoxy) is 1. The molecule has 0 amide bonds. The summed E-state index contributed by atoms with van der Waals surface area (Å²) in [6, 6.07) is 30.5. The highest BCUT2D eigenvalue weighted by atomic mass is 32.1. The second-order valence-corrected chi connectivity index (χ2v) is 8.88. The predicted octanol–water partition coefficient (Wildman–Crippen LogP) is 8.06. The highest BCUT2D eigenvalue weighted by Crippen LogP contribution is 2.31. The maximum Gasteiger partial charge on any atom is 0.416 e. The molecule has 5 aromatic rings. The molecule has 174 valence electrons. The zero-order chi connectivity index (χ0) is 24.3. The van der Waals surface area contributed by atoms with Crippen LogP contribution in [-0.2, 0) is 12.8 Å². The summed E-state index contributed by atoms with van der Waals surface area (Å²) in [5, 5.41) is 0.729. The highest BCUT2D eigenvalue weighted by Gasteiger charge is 2.30. The average molecular weight is 489 g/mol. The van der Waals surface area contributed by atoms with E-state index in [-0.39, 0.29) is 6.61 Å². The molecular weight excluding hydrogens is 469 g/mol. The first-order valence-corrected chi connectivity index (χ1v) is 11.7. The third kappa shape index (κ3) is 5.41. The fourth-order valence-corrected chi connectivity index (χ4v) is 4.51. The fourth-order valence-electron chi connectivity index (χ4n) is 3.59. The number of aliphatic imine (C=N–C) groups is 1. The number of thiazole rings is 1. The Morgan fingerprint density at radius 1 is 0.800 bits per heavy atom. The van der Waals surface area contributed by atoms with E-state index in [0.29, 0.717) is 5.75 Å². The molecule has 7 heteroatoms. The number of benzene rings is 4. The Labute approximate surface area is 204 Å². The van der Waals surface area contributed by atoms with Crippen molar-refractivity contribution in [2.24, 2.45) is 4.99 Å². The normalized spacial score (nSPS) is 11.4. The molecule has 0 aliphatic carbocycles. The molecule has 4 aromatic carbocycles. The summed E-state index contributed by atoms with van der Waals surface area (Å²) in [6.07, 6.45) is -4.37. The SMILES string of the molecule is FC(F)(F)c1ccc(OCc2nc3ccc(N=C(c4ccccc4)c4ccccc4)cc3s2)cc1. The Morgan fingerprint density at radius 2 is 1.43 bits per heavy atom. The molecule has 0 spiro atoms. The Balaban J connectivity index is 1.38. The van der Waals surface area contributed by atoms with E-state index in [4.69, 9.17) is 9.73 Å². The molecule has 0 atom stereocenters.